The standard InChI is InChI=1S/C12H9P/c1-2-6-11-9(4-1)8-10-5-3-7-12(10)13-11/h1-8,13H. The summed E-state index contributed by atoms with van der Waals surface area (Å²) < 4.78 is 0. The summed E-state index contributed by atoms with van der Waals surface area (Å²) in [6.45, 7) is 0. The minimum Gasteiger partial charge on any atom is -0.123 e. The number of benzene rings is 1. The summed E-state index contributed by atoms with van der Waals surface area (Å²) in [5.74, 6) is 0. The van der Waals surface area contributed by atoms with Crippen LogP contribution in [0.5, 0.6) is 0 Å². The van der Waals surface area contributed by atoms with E-state index in [-0.39, 0.29) is 0 Å². The summed E-state index contributed by atoms with van der Waals surface area (Å²) in [4.78, 5) is 0. The van der Waals surface area contributed by atoms with Gasteiger partial charge in [-0.05, 0) is 27.4 Å². The Morgan fingerprint density at radius 1 is 0.846 bits per heavy atom. The number of rotatable bonds is 0. The second kappa shape index (κ2) is 2.61. The van der Waals surface area contributed by atoms with Crippen molar-refractivity contribution in [3.8, 4) is 10.9 Å². The van der Waals surface area contributed by atoms with Crippen LogP contribution in [0.15, 0.2) is 48.5 Å². The minimum absolute atomic E-state index is 0.837. The first-order valence-electron chi connectivity index (χ1n) is 4.40. The smallest absolute Gasteiger partial charge is 0.00122 e. The lowest BCUT2D eigenvalue weighted by atomic mass is 10.2. The molecule has 0 saturated heterocycles. The van der Waals surface area contributed by atoms with Gasteiger partial charge in [-0.25, -0.2) is 0 Å². The molecule has 0 N–H and O–H groups in total. The molecule has 62 valence electrons. The van der Waals surface area contributed by atoms with Crippen LogP contribution in [0.2, 0.25) is 0 Å². The van der Waals surface area contributed by atoms with Crippen molar-refractivity contribution >= 4 is 18.7 Å². The molecule has 1 unspecified atom stereocenters. The van der Waals surface area contributed by atoms with E-state index in [1.54, 1.807) is 0 Å². The number of hydrogen-bond acceptors (Lipinski definition) is 0. The van der Waals surface area contributed by atoms with E-state index < -0.39 is 0 Å². The van der Waals surface area contributed by atoms with Crippen molar-refractivity contribution < 1.29 is 0 Å². The fourth-order valence-corrected chi connectivity index (χ4v) is 2.97. The maximum atomic E-state index is 2.28. The van der Waals surface area contributed by atoms with Gasteiger partial charge in [0.25, 0.3) is 0 Å². The van der Waals surface area contributed by atoms with Crippen molar-refractivity contribution in [2.75, 3.05) is 0 Å². The van der Waals surface area contributed by atoms with Crippen molar-refractivity contribution in [3.63, 3.8) is 0 Å². The van der Waals surface area contributed by atoms with Gasteiger partial charge in [0.15, 0.2) is 0 Å². The van der Waals surface area contributed by atoms with Crippen molar-refractivity contribution in [3.05, 3.63) is 48.5 Å². The summed E-state index contributed by atoms with van der Waals surface area (Å²) in [7, 11) is 0.837. The van der Waals surface area contributed by atoms with Gasteiger partial charge in [0.1, 0.15) is 0 Å². The van der Waals surface area contributed by atoms with Crippen molar-refractivity contribution in [1.82, 2.24) is 0 Å². The van der Waals surface area contributed by atoms with Crippen LogP contribution in [0.4, 0.5) is 0 Å². The van der Waals surface area contributed by atoms with Gasteiger partial charge in [-0.15, -0.1) is 8.19 Å². The molecule has 1 heterocycles. The molecular weight excluding hydrogens is 175 g/mol. The molecule has 13 heavy (non-hydrogen) atoms. The molecule has 0 aromatic heterocycles. The first kappa shape index (κ1) is 7.17. The van der Waals surface area contributed by atoms with Crippen molar-refractivity contribution in [2.45, 2.75) is 0 Å². The summed E-state index contributed by atoms with van der Waals surface area (Å²) >= 11 is 0. The zero-order valence-electron chi connectivity index (χ0n) is 7.12. The Labute approximate surface area is 78.6 Å². The average molecular weight is 184 g/mol. The Morgan fingerprint density at radius 3 is 2.77 bits per heavy atom. The molecule has 1 heteroatoms. The van der Waals surface area contributed by atoms with Crippen molar-refractivity contribution in [1.29, 1.82) is 0 Å². The van der Waals surface area contributed by atoms with E-state index in [1.165, 1.54) is 21.4 Å². The zero-order chi connectivity index (χ0) is 8.67. The Balaban J connectivity index is 2.52. The van der Waals surface area contributed by atoms with Gasteiger partial charge in [-0.1, -0.05) is 42.5 Å². The van der Waals surface area contributed by atoms with Gasteiger partial charge in [0.2, 0.25) is 0 Å². The SMILES string of the molecule is c1cc2cc3ccccc3[pH]c-2c1. The third kappa shape index (κ3) is 1.07. The lowest BCUT2D eigenvalue weighted by Gasteiger charge is -2.02. The van der Waals surface area contributed by atoms with Crippen LogP contribution >= 0.6 is 8.19 Å². The fourth-order valence-electron chi connectivity index (χ4n) is 1.72. The first-order valence-corrected chi connectivity index (χ1v) is 5.40. The van der Waals surface area contributed by atoms with E-state index in [1.807, 2.05) is 0 Å². The summed E-state index contributed by atoms with van der Waals surface area (Å²) in [5, 5.41) is 4.35. The molecule has 0 nitrogen and oxygen atoms in total. The second-order valence-electron chi connectivity index (χ2n) is 3.25. The molecule has 0 fully saturated rings. The molecule has 1 aromatic rings. The van der Waals surface area contributed by atoms with E-state index >= 15 is 0 Å². The molecule has 3 rings (SSSR count). The molecule has 0 amide bonds. The van der Waals surface area contributed by atoms with Gasteiger partial charge in [0, 0.05) is 0 Å². The fraction of sp³-hybridized carbons (Fsp3) is 0. The zero-order valence-corrected chi connectivity index (χ0v) is 8.12. The highest BCUT2D eigenvalue weighted by molar-refractivity contribution is 7.40. The monoisotopic (exact) mass is 184 g/mol. The van der Waals surface area contributed by atoms with E-state index in [2.05, 4.69) is 48.5 Å². The molecule has 0 saturated carbocycles. The lowest BCUT2D eigenvalue weighted by Crippen LogP contribution is -1.70. The molecule has 0 bridgehead atoms. The van der Waals surface area contributed by atoms with Gasteiger partial charge in [-0.3, -0.25) is 0 Å². The summed E-state index contributed by atoms with van der Waals surface area (Å²) in [6.07, 6.45) is 0. The Kier molecular flexibility index (Phi) is 1.44. The van der Waals surface area contributed by atoms with E-state index in [0.29, 0.717) is 0 Å². The van der Waals surface area contributed by atoms with Crippen LogP contribution in [0.3, 0.4) is 0 Å². The third-order valence-electron chi connectivity index (χ3n) is 2.39. The molecule has 0 radical (unpaired) electrons. The largest absolute Gasteiger partial charge is 0.123 e. The van der Waals surface area contributed by atoms with Crippen LogP contribution in [-0.4, -0.2) is 0 Å². The maximum Gasteiger partial charge on any atom is -0.00122 e. The van der Waals surface area contributed by atoms with Gasteiger partial charge < -0.3 is 0 Å². The normalized spacial score (nSPS) is 11.7. The summed E-state index contributed by atoms with van der Waals surface area (Å²) in [5.41, 5.74) is 1.40. The Bertz CT molecular complexity index is 475. The quantitative estimate of drug-likeness (QED) is 0.495. The lowest BCUT2D eigenvalue weighted by molar-refractivity contribution is 1.82. The minimum atomic E-state index is 0.837. The van der Waals surface area contributed by atoms with Crippen LogP contribution in [-0.2, 0) is 0 Å². The van der Waals surface area contributed by atoms with E-state index in [4.69, 9.17) is 0 Å². The predicted octanol–water partition coefficient (Wildman–Crippen LogP) is 3.98. The van der Waals surface area contributed by atoms with Gasteiger partial charge in [0.05, 0.1) is 0 Å². The highest BCUT2D eigenvalue weighted by Crippen LogP contribution is 2.37. The third-order valence-corrected chi connectivity index (χ3v) is 3.84. The van der Waals surface area contributed by atoms with Crippen LogP contribution < -0.4 is 0 Å². The van der Waals surface area contributed by atoms with Gasteiger partial charge in [-0.2, -0.15) is 0 Å². The van der Waals surface area contributed by atoms with Crippen LogP contribution in [0, 0.1) is 0 Å². The molecule has 1 aliphatic heterocycles. The Morgan fingerprint density at radius 2 is 1.77 bits per heavy atom. The maximum absolute atomic E-state index is 2.28. The van der Waals surface area contributed by atoms with Crippen LogP contribution in [0.1, 0.15) is 0 Å². The molecule has 1 aromatic carbocycles. The van der Waals surface area contributed by atoms with Crippen LogP contribution in [0.25, 0.3) is 21.4 Å². The average Bonchev–Trinajstić information content (AvgIpc) is 2.61. The molecule has 1 aliphatic carbocycles. The highest BCUT2D eigenvalue weighted by atomic mass is 31.0. The number of fused-ring (bicyclic) bond motifs is 2. The Hall–Kier alpha value is -1.26. The molecule has 1 atom stereocenters. The van der Waals surface area contributed by atoms with Crippen molar-refractivity contribution in [2.24, 2.45) is 0 Å². The van der Waals surface area contributed by atoms with E-state index in [0.717, 1.165) is 8.19 Å². The predicted molar refractivity (Wildman–Crippen MR) is 60.1 cm³/mol. The molecule has 0 spiro atoms. The van der Waals surface area contributed by atoms with E-state index in [9.17, 15) is 0 Å². The van der Waals surface area contributed by atoms with Gasteiger partial charge >= 0.3 is 0 Å². The topological polar surface area (TPSA) is 0 Å². The summed E-state index contributed by atoms with van der Waals surface area (Å²) in [6, 6.07) is 17.5. The first-order chi connectivity index (χ1) is 6.43. The highest BCUT2D eigenvalue weighted by Gasteiger charge is 2.02. The molecule has 2 aliphatic rings. The second-order valence-corrected chi connectivity index (χ2v) is 4.58. The number of hydrogen-bond donors (Lipinski definition) is 0. The molecular formula is C12H9P.